The van der Waals surface area contributed by atoms with E-state index in [1.807, 2.05) is 60.7 Å². The highest BCUT2D eigenvalue weighted by Crippen LogP contribution is 2.10. The Morgan fingerprint density at radius 1 is 0.741 bits per heavy atom. The predicted octanol–water partition coefficient (Wildman–Crippen LogP) is 2.93. The van der Waals surface area contributed by atoms with Gasteiger partial charge in [0.25, 0.3) is 0 Å². The summed E-state index contributed by atoms with van der Waals surface area (Å²) in [6, 6.07) is 22.9. The summed E-state index contributed by atoms with van der Waals surface area (Å²) in [7, 11) is 0. The lowest BCUT2D eigenvalue weighted by atomic mass is 10.1. The van der Waals surface area contributed by atoms with Crippen LogP contribution >= 0.6 is 0 Å². The minimum atomic E-state index is -0.612. The molecule has 1 heterocycles. The van der Waals surface area contributed by atoms with E-state index in [9.17, 15) is 9.59 Å². The molecule has 0 unspecified atom stereocenters. The normalized spacial score (nSPS) is 10.2. The molecule has 0 aliphatic heterocycles. The maximum atomic E-state index is 12.8. The van der Waals surface area contributed by atoms with Gasteiger partial charge in [-0.3, -0.25) is 14.6 Å². The van der Waals surface area contributed by atoms with Crippen molar-refractivity contribution < 1.29 is 9.59 Å². The van der Waals surface area contributed by atoms with Gasteiger partial charge in [0.1, 0.15) is 0 Å². The first-order valence-electron chi connectivity index (χ1n) is 8.76. The van der Waals surface area contributed by atoms with E-state index in [1.54, 1.807) is 29.4 Å². The topological polar surface area (TPSA) is 62.3 Å². The molecule has 27 heavy (non-hydrogen) atoms. The summed E-state index contributed by atoms with van der Waals surface area (Å²) in [5, 5.41) is 2.69. The van der Waals surface area contributed by atoms with Crippen LogP contribution in [0.4, 0.5) is 0 Å². The van der Waals surface area contributed by atoms with Crippen LogP contribution in [0.25, 0.3) is 0 Å². The van der Waals surface area contributed by atoms with Gasteiger partial charge in [-0.05, 0) is 28.8 Å². The lowest BCUT2D eigenvalue weighted by molar-refractivity contribution is -0.146. The molecule has 0 fully saturated rings. The molecule has 136 valence electrons. The van der Waals surface area contributed by atoms with Gasteiger partial charge < -0.3 is 10.2 Å². The zero-order valence-corrected chi connectivity index (χ0v) is 14.9. The van der Waals surface area contributed by atoms with Gasteiger partial charge in [0.2, 0.25) is 0 Å². The molecule has 0 atom stereocenters. The Morgan fingerprint density at radius 2 is 1.26 bits per heavy atom. The molecule has 0 bridgehead atoms. The van der Waals surface area contributed by atoms with Crippen molar-refractivity contribution in [1.82, 2.24) is 15.2 Å². The zero-order chi connectivity index (χ0) is 18.9. The predicted molar refractivity (Wildman–Crippen MR) is 103 cm³/mol. The number of nitrogens with one attached hydrogen (secondary N) is 1. The number of hydrogen-bond donors (Lipinski definition) is 1. The first-order chi connectivity index (χ1) is 13.2. The van der Waals surface area contributed by atoms with E-state index in [-0.39, 0.29) is 6.54 Å². The van der Waals surface area contributed by atoms with Crippen molar-refractivity contribution in [2.75, 3.05) is 0 Å². The number of benzene rings is 2. The van der Waals surface area contributed by atoms with Crippen molar-refractivity contribution in [1.29, 1.82) is 0 Å². The summed E-state index contributed by atoms with van der Waals surface area (Å²) in [6.45, 7) is 1.03. The van der Waals surface area contributed by atoms with E-state index in [4.69, 9.17) is 0 Å². The van der Waals surface area contributed by atoms with Gasteiger partial charge in [0.15, 0.2) is 0 Å². The van der Waals surface area contributed by atoms with Gasteiger partial charge in [-0.25, -0.2) is 0 Å². The van der Waals surface area contributed by atoms with Crippen molar-refractivity contribution in [3.05, 3.63) is 102 Å². The fourth-order valence-electron chi connectivity index (χ4n) is 2.71. The van der Waals surface area contributed by atoms with Crippen LogP contribution in [0, 0.1) is 0 Å². The summed E-state index contributed by atoms with van der Waals surface area (Å²) in [6.07, 6.45) is 3.31. The monoisotopic (exact) mass is 359 g/mol. The average Bonchev–Trinajstić information content (AvgIpc) is 2.73. The highest BCUT2D eigenvalue weighted by atomic mass is 16.2. The van der Waals surface area contributed by atoms with Crippen molar-refractivity contribution in [3.63, 3.8) is 0 Å². The molecule has 2 amide bonds. The summed E-state index contributed by atoms with van der Waals surface area (Å²) >= 11 is 0. The van der Waals surface area contributed by atoms with Crippen molar-refractivity contribution in [3.8, 4) is 0 Å². The molecule has 0 radical (unpaired) electrons. The van der Waals surface area contributed by atoms with E-state index < -0.39 is 11.8 Å². The van der Waals surface area contributed by atoms with Gasteiger partial charge in [0, 0.05) is 32.0 Å². The van der Waals surface area contributed by atoms with Gasteiger partial charge in [0.05, 0.1) is 0 Å². The molecule has 2 aromatic carbocycles. The van der Waals surface area contributed by atoms with E-state index >= 15 is 0 Å². The fourth-order valence-corrected chi connectivity index (χ4v) is 2.71. The first-order valence-corrected chi connectivity index (χ1v) is 8.76. The lowest BCUT2D eigenvalue weighted by Gasteiger charge is -2.22. The minimum Gasteiger partial charge on any atom is -0.344 e. The SMILES string of the molecule is O=C(NCc1ccncc1)C(=O)N(Cc1ccccc1)Cc1ccccc1. The summed E-state index contributed by atoms with van der Waals surface area (Å²) in [5.74, 6) is -1.16. The Morgan fingerprint density at radius 3 is 1.78 bits per heavy atom. The second-order valence-electron chi connectivity index (χ2n) is 6.17. The van der Waals surface area contributed by atoms with Crippen LogP contribution in [0.3, 0.4) is 0 Å². The van der Waals surface area contributed by atoms with Crippen molar-refractivity contribution in [2.24, 2.45) is 0 Å². The lowest BCUT2D eigenvalue weighted by Crippen LogP contribution is -2.42. The third kappa shape index (κ3) is 5.51. The number of aromatic nitrogens is 1. The Kier molecular flexibility index (Phi) is 6.30. The Balaban J connectivity index is 1.70. The maximum absolute atomic E-state index is 12.8. The van der Waals surface area contributed by atoms with Crippen LogP contribution in [0.15, 0.2) is 85.2 Å². The maximum Gasteiger partial charge on any atom is 0.312 e. The number of carbonyl (C=O) groups excluding carboxylic acids is 2. The quantitative estimate of drug-likeness (QED) is 0.689. The number of pyridine rings is 1. The van der Waals surface area contributed by atoms with E-state index in [2.05, 4.69) is 10.3 Å². The van der Waals surface area contributed by atoms with Crippen molar-refractivity contribution >= 4 is 11.8 Å². The number of amides is 2. The summed E-state index contributed by atoms with van der Waals surface area (Å²) in [5.41, 5.74) is 2.84. The van der Waals surface area contributed by atoms with Crippen LogP contribution in [0.2, 0.25) is 0 Å². The molecule has 3 rings (SSSR count). The second kappa shape index (κ2) is 9.29. The standard InChI is InChI=1S/C22H21N3O2/c26-21(24-15-18-11-13-23-14-12-18)22(27)25(16-19-7-3-1-4-8-19)17-20-9-5-2-6-10-20/h1-14H,15-17H2,(H,24,26). The first kappa shape index (κ1) is 18.3. The second-order valence-corrected chi connectivity index (χ2v) is 6.17. The van der Waals surface area contributed by atoms with Crippen molar-refractivity contribution in [2.45, 2.75) is 19.6 Å². The number of rotatable bonds is 6. The molecule has 0 spiro atoms. The summed E-state index contributed by atoms with van der Waals surface area (Å²) < 4.78 is 0. The molecule has 3 aromatic rings. The molecule has 0 saturated carbocycles. The van der Waals surface area contributed by atoms with Gasteiger partial charge in [-0.2, -0.15) is 0 Å². The smallest absolute Gasteiger partial charge is 0.312 e. The van der Waals surface area contributed by atoms with Crippen LogP contribution < -0.4 is 5.32 Å². The average molecular weight is 359 g/mol. The largest absolute Gasteiger partial charge is 0.344 e. The van der Waals surface area contributed by atoms with Crippen LogP contribution in [0.5, 0.6) is 0 Å². The molecular weight excluding hydrogens is 338 g/mol. The zero-order valence-electron chi connectivity index (χ0n) is 14.9. The number of hydrogen-bond acceptors (Lipinski definition) is 3. The molecular formula is C22H21N3O2. The van der Waals surface area contributed by atoms with Gasteiger partial charge >= 0.3 is 11.8 Å². The minimum absolute atomic E-state index is 0.289. The molecule has 0 saturated heterocycles. The Hall–Kier alpha value is -3.47. The number of carbonyl (C=O) groups is 2. The van der Waals surface area contributed by atoms with Crippen LogP contribution in [-0.4, -0.2) is 21.7 Å². The number of nitrogens with zero attached hydrogens (tertiary/aromatic N) is 2. The third-order valence-corrected chi connectivity index (χ3v) is 4.12. The third-order valence-electron chi connectivity index (χ3n) is 4.12. The highest BCUT2D eigenvalue weighted by molar-refractivity contribution is 6.34. The van der Waals surface area contributed by atoms with Crippen LogP contribution in [0.1, 0.15) is 16.7 Å². The highest BCUT2D eigenvalue weighted by Gasteiger charge is 2.22. The Bertz CT molecular complexity index is 826. The molecule has 5 heteroatoms. The van der Waals surface area contributed by atoms with Gasteiger partial charge in [-0.1, -0.05) is 60.7 Å². The Labute approximate surface area is 158 Å². The molecule has 1 N–H and O–H groups in total. The molecule has 0 aliphatic carbocycles. The molecule has 5 nitrogen and oxygen atoms in total. The van der Waals surface area contributed by atoms with E-state index in [0.29, 0.717) is 13.1 Å². The molecule has 1 aromatic heterocycles. The summed E-state index contributed by atoms with van der Waals surface area (Å²) in [4.78, 5) is 30.7. The van der Waals surface area contributed by atoms with E-state index in [1.165, 1.54) is 0 Å². The van der Waals surface area contributed by atoms with Gasteiger partial charge in [-0.15, -0.1) is 0 Å². The fraction of sp³-hybridized carbons (Fsp3) is 0.136. The van der Waals surface area contributed by atoms with E-state index in [0.717, 1.165) is 16.7 Å². The van der Waals surface area contributed by atoms with Crippen LogP contribution in [-0.2, 0) is 29.2 Å². The molecule has 0 aliphatic rings.